The standard InChI is InChI=1S/C15H20BrClN4/c1-11(17)14-19-13-9-12(16)10-18-15(13)21(14)8-7-20-5-3-2-4-6-20/h9-11H,2-8H2,1H3. The third kappa shape index (κ3) is 3.41. The molecule has 0 aliphatic carbocycles. The molecule has 1 fully saturated rings. The van der Waals surface area contributed by atoms with Gasteiger partial charge in [0.1, 0.15) is 11.3 Å². The van der Waals surface area contributed by atoms with Gasteiger partial charge in [0, 0.05) is 23.8 Å². The maximum Gasteiger partial charge on any atom is 0.160 e. The van der Waals surface area contributed by atoms with Crippen molar-refractivity contribution in [3.63, 3.8) is 0 Å². The van der Waals surface area contributed by atoms with Crippen LogP contribution in [-0.2, 0) is 6.54 Å². The van der Waals surface area contributed by atoms with E-state index in [1.807, 2.05) is 19.2 Å². The van der Waals surface area contributed by atoms with Crippen LogP contribution >= 0.6 is 27.5 Å². The molecule has 0 saturated carbocycles. The number of fused-ring (bicyclic) bond motifs is 1. The molecule has 3 heterocycles. The summed E-state index contributed by atoms with van der Waals surface area (Å²) in [6.07, 6.45) is 5.82. The van der Waals surface area contributed by atoms with Crippen LogP contribution in [0, 0.1) is 0 Å². The lowest BCUT2D eigenvalue weighted by atomic mass is 10.1. The SMILES string of the molecule is CC(Cl)c1nc2cc(Br)cnc2n1CCN1CCCCC1. The van der Waals surface area contributed by atoms with E-state index in [0.717, 1.165) is 34.6 Å². The van der Waals surface area contributed by atoms with Crippen molar-refractivity contribution in [2.24, 2.45) is 0 Å². The van der Waals surface area contributed by atoms with Gasteiger partial charge in [-0.15, -0.1) is 11.6 Å². The molecule has 0 amide bonds. The monoisotopic (exact) mass is 370 g/mol. The molecule has 2 aromatic rings. The fourth-order valence-corrected chi connectivity index (χ4v) is 3.44. The van der Waals surface area contributed by atoms with Gasteiger partial charge in [-0.2, -0.15) is 0 Å². The van der Waals surface area contributed by atoms with Gasteiger partial charge in [0.15, 0.2) is 5.65 Å². The molecule has 6 heteroatoms. The van der Waals surface area contributed by atoms with E-state index in [1.165, 1.54) is 32.4 Å². The Morgan fingerprint density at radius 2 is 2.05 bits per heavy atom. The molecule has 1 saturated heterocycles. The molecule has 114 valence electrons. The van der Waals surface area contributed by atoms with E-state index >= 15 is 0 Å². The number of hydrogen-bond donors (Lipinski definition) is 0. The Balaban J connectivity index is 1.86. The molecule has 0 N–H and O–H groups in total. The molecule has 3 rings (SSSR count). The van der Waals surface area contributed by atoms with Crippen molar-refractivity contribution in [2.75, 3.05) is 19.6 Å². The summed E-state index contributed by atoms with van der Waals surface area (Å²) in [5.74, 6) is 0.911. The minimum absolute atomic E-state index is 0.112. The van der Waals surface area contributed by atoms with Crippen LogP contribution in [0.1, 0.15) is 37.4 Å². The molecule has 4 nitrogen and oxygen atoms in total. The highest BCUT2D eigenvalue weighted by Gasteiger charge is 2.17. The normalized spacial score (nSPS) is 18.2. The van der Waals surface area contributed by atoms with Crippen molar-refractivity contribution in [1.82, 2.24) is 19.4 Å². The van der Waals surface area contributed by atoms with Crippen molar-refractivity contribution in [1.29, 1.82) is 0 Å². The van der Waals surface area contributed by atoms with Crippen LogP contribution in [0.2, 0.25) is 0 Å². The van der Waals surface area contributed by atoms with E-state index in [-0.39, 0.29) is 5.38 Å². The second-order valence-corrected chi connectivity index (χ2v) is 7.21. The molecular weight excluding hydrogens is 352 g/mol. The number of halogens is 2. The van der Waals surface area contributed by atoms with Gasteiger partial charge in [0.2, 0.25) is 0 Å². The Bertz CT molecular complexity index is 619. The summed E-state index contributed by atoms with van der Waals surface area (Å²) >= 11 is 9.76. The Labute approximate surface area is 138 Å². The number of piperidine rings is 1. The fraction of sp³-hybridized carbons (Fsp3) is 0.600. The first-order valence-electron chi connectivity index (χ1n) is 7.53. The Morgan fingerprint density at radius 1 is 1.29 bits per heavy atom. The second kappa shape index (κ2) is 6.63. The summed E-state index contributed by atoms with van der Waals surface area (Å²) < 4.78 is 3.12. The van der Waals surface area contributed by atoms with Crippen LogP contribution in [0.3, 0.4) is 0 Å². The lowest BCUT2D eigenvalue weighted by molar-refractivity contribution is 0.221. The van der Waals surface area contributed by atoms with E-state index in [1.54, 1.807) is 0 Å². The quantitative estimate of drug-likeness (QED) is 0.762. The van der Waals surface area contributed by atoms with Crippen LogP contribution in [0.25, 0.3) is 11.2 Å². The van der Waals surface area contributed by atoms with Crippen molar-refractivity contribution in [2.45, 2.75) is 38.1 Å². The van der Waals surface area contributed by atoms with E-state index in [2.05, 4.69) is 35.4 Å². The largest absolute Gasteiger partial charge is 0.310 e. The van der Waals surface area contributed by atoms with Gasteiger partial charge < -0.3 is 9.47 Å². The van der Waals surface area contributed by atoms with E-state index < -0.39 is 0 Å². The minimum Gasteiger partial charge on any atom is -0.310 e. The van der Waals surface area contributed by atoms with Crippen LogP contribution in [0.4, 0.5) is 0 Å². The maximum atomic E-state index is 6.30. The van der Waals surface area contributed by atoms with Crippen LogP contribution in [0.15, 0.2) is 16.7 Å². The van der Waals surface area contributed by atoms with Gasteiger partial charge in [-0.05, 0) is 54.9 Å². The fourth-order valence-electron chi connectivity index (χ4n) is 2.95. The smallest absolute Gasteiger partial charge is 0.160 e. The third-order valence-corrected chi connectivity index (χ3v) is 4.65. The van der Waals surface area contributed by atoms with Crippen LogP contribution in [-0.4, -0.2) is 39.1 Å². The van der Waals surface area contributed by atoms with Gasteiger partial charge >= 0.3 is 0 Å². The Hall–Kier alpha value is -0.650. The van der Waals surface area contributed by atoms with Crippen molar-refractivity contribution < 1.29 is 0 Å². The number of likely N-dealkylation sites (tertiary alicyclic amines) is 1. The summed E-state index contributed by atoms with van der Waals surface area (Å²) in [6, 6.07) is 2.00. The number of alkyl halides is 1. The lowest BCUT2D eigenvalue weighted by Crippen LogP contribution is -2.32. The average molecular weight is 372 g/mol. The topological polar surface area (TPSA) is 34.0 Å². The van der Waals surface area contributed by atoms with Gasteiger partial charge in [0.25, 0.3) is 0 Å². The third-order valence-electron chi connectivity index (χ3n) is 4.03. The highest BCUT2D eigenvalue weighted by Crippen LogP contribution is 2.25. The van der Waals surface area contributed by atoms with Crippen LogP contribution < -0.4 is 0 Å². The summed E-state index contributed by atoms with van der Waals surface area (Å²) in [5, 5.41) is -0.112. The number of nitrogens with zero attached hydrogens (tertiary/aromatic N) is 4. The Kier molecular flexibility index (Phi) is 4.82. The van der Waals surface area contributed by atoms with Gasteiger partial charge in [-0.25, -0.2) is 9.97 Å². The number of rotatable bonds is 4. The summed E-state index contributed by atoms with van der Waals surface area (Å²) in [4.78, 5) is 11.7. The van der Waals surface area contributed by atoms with Crippen LogP contribution in [0.5, 0.6) is 0 Å². The molecular formula is C15H20BrClN4. The molecule has 0 aromatic carbocycles. The van der Waals surface area contributed by atoms with Crippen molar-refractivity contribution in [3.05, 3.63) is 22.6 Å². The summed E-state index contributed by atoms with van der Waals surface area (Å²) in [5.41, 5.74) is 1.84. The first-order chi connectivity index (χ1) is 10.1. The predicted molar refractivity (Wildman–Crippen MR) is 89.8 cm³/mol. The van der Waals surface area contributed by atoms with E-state index in [0.29, 0.717) is 0 Å². The molecule has 0 radical (unpaired) electrons. The molecule has 1 atom stereocenters. The molecule has 0 bridgehead atoms. The maximum absolute atomic E-state index is 6.30. The lowest BCUT2D eigenvalue weighted by Gasteiger charge is -2.26. The highest BCUT2D eigenvalue weighted by molar-refractivity contribution is 9.10. The summed E-state index contributed by atoms with van der Waals surface area (Å²) in [7, 11) is 0. The predicted octanol–water partition coefficient (Wildman–Crippen LogP) is 3.98. The number of hydrogen-bond acceptors (Lipinski definition) is 3. The summed E-state index contributed by atoms with van der Waals surface area (Å²) in [6.45, 7) is 6.32. The van der Waals surface area contributed by atoms with Crippen molar-refractivity contribution >= 4 is 38.7 Å². The van der Waals surface area contributed by atoms with Gasteiger partial charge in [-0.1, -0.05) is 6.42 Å². The second-order valence-electron chi connectivity index (χ2n) is 5.64. The average Bonchev–Trinajstić information content (AvgIpc) is 2.84. The number of aromatic nitrogens is 3. The zero-order valence-electron chi connectivity index (χ0n) is 12.2. The highest BCUT2D eigenvalue weighted by atomic mass is 79.9. The minimum atomic E-state index is -0.112. The zero-order chi connectivity index (χ0) is 14.8. The molecule has 1 unspecified atom stereocenters. The van der Waals surface area contributed by atoms with Gasteiger partial charge in [-0.3, -0.25) is 0 Å². The first-order valence-corrected chi connectivity index (χ1v) is 8.76. The molecule has 2 aromatic heterocycles. The molecule has 1 aliphatic rings. The first kappa shape index (κ1) is 15.3. The molecule has 21 heavy (non-hydrogen) atoms. The van der Waals surface area contributed by atoms with E-state index in [4.69, 9.17) is 11.6 Å². The van der Waals surface area contributed by atoms with Crippen molar-refractivity contribution in [3.8, 4) is 0 Å². The van der Waals surface area contributed by atoms with E-state index in [9.17, 15) is 0 Å². The molecule has 1 aliphatic heterocycles. The Morgan fingerprint density at radius 3 is 2.76 bits per heavy atom. The number of imidazole rings is 1. The number of pyridine rings is 1. The zero-order valence-corrected chi connectivity index (χ0v) is 14.6. The van der Waals surface area contributed by atoms with Gasteiger partial charge in [0.05, 0.1) is 5.38 Å². The molecule has 0 spiro atoms.